The second-order valence-corrected chi connectivity index (χ2v) is 6.35. The van der Waals surface area contributed by atoms with Gasteiger partial charge in [-0.2, -0.15) is 0 Å². The fourth-order valence-corrected chi connectivity index (χ4v) is 2.55. The summed E-state index contributed by atoms with van der Waals surface area (Å²) in [6.45, 7) is 6.75. The highest BCUT2D eigenvalue weighted by atomic mass is 127. The highest BCUT2D eigenvalue weighted by Gasteiger charge is 2.28. The minimum atomic E-state index is 0. The summed E-state index contributed by atoms with van der Waals surface area (Å²) in [5.41, 5.74) is 0. The van der Waals surface area contributed by atoms with Gasteiger partial charge in [-0.05, 0) is 26.7 Å². The molecular weight excluding hydrogens is 413 g/mol. The monoisotopic (exact) mass is 437 g/mol. The number of aromatic nitrogens is 1. The number of nitrogens with zero attached hydrogens (tertiary/aromatic N) is 2. The lowest BCUT2D eigenvalue weighted by Crippen LogP contribution is -2.41. The molecule has 1 aliphatic rings. The number of aryl methyl sites for hydroxylation is 1. The summed E-state index contributed by atoms with van der Waals surface area (Å²) in [5, 5.41) is 10.4. The molecule has 0 saturated heterocycles. The van der Waals surface area contributed by atoms with Crippen molar-refractivity contribution in [2.24, 2.45) is 10.9 Å². The van der Waals surface area contributed by atoms with Crippen LogP contribution in [-0.2, 0) is 11.3 Å². The molecule has 0 aliphatic heterocycles. The summed E-state index contributed by atoms with van der Waals surface area (Å²) in [6, 6.07) is 0. The van der Waals surface area contributed by atoms with Crippen molar-refractivity contribution in [1.82, 2.24) is 20.9 Å². The van der Waals surface area contributed by atoms with E-state index < -0.39 is 0 Å². The van der Waals surface area contributed by atoms with Gasteiger partial charge in [0.1, 0.15) is 0 Å². The van der Waals surface area contributed by atoms with E-state index in [1.807, 2.05) is 20.0 Å². The Hall–Kier alpha value is -0.900. The molecule has 1 aliphatic carbocycles. The Kier molecular flexibility index (Phi) is 8.69. The van der Waals surface area contributed by atoms with E-state index in [0.717, 1.165) is 35.2 Å². The lowest BCUT2D eigenvalue weighted by molar-refractivity contribution is -0.122. The zero-order valence-corrected chi connectivity index (χ0v) is 16.2. The van der Waals surface area contributed by atoms with Crippen molar-refractivity contribution in [2.75, 3.05) is 19.6 Å². The SMILES string of the molecule is CCNC(=NCc1cnc(C)s1)NCCNC(=O)C1CC1.I. The van der Waals surface area contributed by atoms with Gasteiger partial charge in [0.25, 0.3) is 0 Å². The van der Waals surface area contributed by atoms with Crippen LogP contribution in [-0.4, -0.2) is 36.5 Å². The summed E-state index contributed by atoms with van der Waals surface area (Å²) in [5.74, 6) is 1.21. The number of rotatable bonds is 7. The quantitative estimate of drug-likeness (QED) is 0.263. The normalized spacial score (nSPS) is 14.2. The average molecular weight is 437 g/mol. The molecular formula is C14H24IN5OS. The summed E-state index contributed by atoms with van der Waals surface area (Å²) >= 11 is 1.66. The number of guanidine groups is 1. The maximum Gasteiger partial charge on any atom is 0.223 e. The van der Waals surface area contributed by atoms with E-state index in [9.17, 15) is 4.79 Å². The molecule has 8 heteroatoms. The van der Waals surface area contributed by atoms with Gasteiger partial charge in [0.05, 0.1) is 11.6 Å². The molecule has 1 aromatic rings. The maximum atomic E-state index is 11.5. The molecule has 1 saturated carbocycles. The van der Waals surface area contributed by atoms with Gasteiger partial charge < -0.3 is 16.0 Å². The third-order valence-corrected chi connectivity index (χ3v) is 3.97. The molecule has 1 fully saturated rings. The first-order valence-electron chi connectivity index (χ1n) is 7.40. The molecule has 0 unspecified atom stereocenters. The molecule has 2 rings (SSSR count). The van der Waals surface area contributed by atoms with Crippen molar-refractivity contribution < 1.29 is 4.79 Å². The molecule has 1 amide bonds. The van der Waals surface area contributed by atoms with Gasteiger partial charge in [-0.3, -0.25) is 4.79 Å². The average Bonchev–Trinajstić information content (AvgIpc) is 3.24. The number of nitrogens with one attached hydrogen (secondary N) is 3. The fourth-order valence-electron chi connectivity index (χ4n) is 1.83. The van der Waals surface area contributed by atoms with Crippen molar-refractivity contribution in [1.29, 1.82) is 0 Å². The summed E-state index contributed by atoms with van der Waals surface area (Å²) in [7, 11) is 0. The number of aliphatic imine (C=N–C) groups is 1. The Labute approximate surface area is 152 Å². The van der Waals surface area contributed by atoms with Gasteiger partial charge in [0, 0.05) is 36.6 Å². The molecule has 6 nitrogen and oxygen atoms in total. The first-order chi connectivity index (χ1) is 10.2. The smallest absolute Gasteiger partial charge is 0.223 e. The Balaban J connectivity index is 0.00000242. The predicted molar refractivity (Wildman–Crippen MR) is 101 cm³/mol. The molecule has 124 valence electrons. The van der Waals surface area contributed by atoms with Crippen LogP contribution in [0.25, 0.3) is 0 Å². The van der Waals surface area contributed by atoms with Crippen LogP contribution in [0.5, 0.6) is 0 Å². The van der Waals surface area contributed by atoms with E-state index in [0.29, 0.717) is 19.6 Å². The Bertz CT molecular complexity index is 501. The first kappa shape index (κ1) is 19.1. The van der Waals surface area contributed by atoms with Gasteiger partial charge in [0.15, 0.2) is 5.96 Å². The lowest BCUT2D eigenvalue weighted by Gasteiger charge is -2.11. The van der Waals surface area contributed by atoms with E-state index >= 15 is 0 Å². The van der Waals surface area contributed by atoms with Crippen molar-refractivity contribution >= 4 is 47.2 Å². The first-order valence-corrected chi connectivity index (χ1v) is 8.22. The number of thiazole rings is 1. The molecule has 0 bridgehead atoms. The number of carbonyl (C=O) groups excluding carboxylic acids is 1. The number of amides is 1. The second kappa shape index (κ2) is 9.98. The van der Waals surface area contributed by atoms with Gasteiger partial charge in [0.2, 0.25) is 5.91 Å². The highest BCUT2D eigenvalue weighted by molar-refractivity contribution is 14.0. The van der Waals surface area contributed by atoms with E-state index in [1.54, 1.807) is 11.3 Å². The standard InChI is InChI=1S/C14H23N5OS.HI/c1-3-15-14(19-9-12-8-18-10(2)21-12)17-7-6-16-13(20)11-4-5-11;/h8,11H,3-7,9H2,1-2H3,(H,16,20)(H2,15,17,19);1H. The minimum Gasteiger partial charge on any atom is -0.357 e. The Morgan fingerprint density at radius 2 is 2.09 bits per heavy atom. The molecule has 1 heterocycles. The lowest BCUT2D eigenvalue weighted by atomic mass is 10.4. The van der Waals surface area contributed by atoms with E-state index in [1.165, 1.54) is 0 Å². The summed E-state index contributed by atoms with van der Waals surface area (Å²) in [4.78, 5) is 21.4. The van der Waals surface area contributed by atoms with E-state index in [-0.39, 0.29) is 35.8 Å². The molecule has 22 heavy (non-hydrogen) atoms. The van der Waals surface area contributed by atoms with Crippen molar-refractivity contribution in [3.8, 4) is 0 Å². The fraction of sp³-hybridized carbons (Fsp3) is 0.643. The van der Waals surface area contributed by atoms with Crippen LogP contribution in [0.4, 0.5) is 0 Å². The molecule has 3 N–H and O–H groups in total. The van der Waals surface area contributed by atoms with Crippen molar-refractivity contribution in [2.45, 2.75) is 33.2 Å². The van der Waals surface area contributed by atoms with Crippen LogP contribution in [0, 0.1) is 12.8 Å². The Morgan fingerprint density at radius 1 is 1.36 bits per heavy atom. The van der Waals surface area contributed by atoms with Crippen molar-refractivity contribution in [3.05, 3.63) is 16.1 Å². The van der Waals surface area contributed by atoms with E-state index in [4.69, 9.17) is 0 Å². The predicted octanol–water partition coefficient (Wildman–Crippen LogP) is 1.65. The van der Waals surface area contributed by atoms with Crippen LogP contribution < -0.4 is 16.0 Å². The zero-order chi connectivity index (χ0) is 15.1. The molecule has 0 spiro atoms. The number of halogens is 1. The van der Waals surface area contributed by atoms with Crippen molar-refractivity contribution in [3.63, 3.8) is 0 Å². The third kappa shape index (κ3) is 6.91. The summed E-state index contributed by atoms with van der Waals surface area (Å²) < 4.78 is 0. The molecule has 0 atom stereocenters. The Morgan fingerprint density at radius 3 is 2.68 bits per heavy atom. The molecule has 1 aromatic heterocycles. The zero-order valence-electron chi connectivity index (χ0n) is 13.0. The topological polar surface area (TPSA) is 78.4 Å². The number of hydrogen-bond acceptors (Lipinski definition) is 4. The molecule has 0 aromatic carbocycles. The number of hydrogen-bond donors (Lipinski definition) is 3. The van der Waals surface area contributed by atoms with Crippen LogP contribution in [0.3, 0.4) is 0 Å². The van der Waals surface area contributed by atoms with Crippen LogP contribution in [0.15, 0.2) is 11.2 Å². The second-order valence-electron chi connectivity index (χ2n) is 5.03. The maximum absolute atomic E-state index is 11.5. The van der Waals surface area contributed by atoms with Gasteiger partial charge in [-0.1, -0.05) is 0 Å². The number of carbonyl (C=O) groups is 1. The van der Waals surface area contributed by atoms with E-state index in [2.05, 4.69) is 25.9 Å². The third-order valence-electron chi connectivity index (χ3n) is 3.07. The van der Waals surface area contributed by atoms with Gasteiger partial charge in [-0.15, -0.1) is 35.3 Å². The summed E-state index contributed by atoms with van der Waals surface area (Å²) in [6.07, 6.45) is 3.94. The van der Waals surface area contributed by atoms with Crippen LogP contribution in [0.2, 0.25) is 0 Å². The minimum absolute atomic E-state index is 0. The van der Waals surface area contributed by atoms with Crippen LogP contribution in [0.1, 0.15) is 29.7 Å². The largest absolute Gasteiger partial charge is 0.357 e. The molecule has 0 radical (unpaired) electrons. The van der Waals surface area contributed by atoms with Crippen LogP contribution >= 0.6 is 35.3 Å². The highest BCUT2D eigenvalue weighted by Crippen LogP contribution is 2.28. The van der Waals surface area contributed by atoms with Gasteiger partial charge >= 0.3 is 0 Å². The van der Waals surface area contributed by atoms with Gasteiger partial charge in [-0.25, -0.2) is 9.98 Å².